The first kappa shape index (κ1) is 23.0. The van der Waals surface area contributed by atoms with Crippen LogP contribution in [0.15, 0.2) is 23.1 Å². The Bertz CT molecular complexity index is 714. The third-order valence-electron chi connectivity index (χ3n) is 3.04. The minimum Gasteiger partial charge on any atom is -0.350 e. The SMILES string of the molecule is CNCCN(C)S(=O)(=O)c1ccc(CONC(N)=O)c([N+](=O)[O-])c1.Cl. The molecule has 0 atom stereocenters. The first-order chi connectivity index (χ1) is 11.2. The van der Waals surface area contributed by atoms with E-state index in [1.54, 1.807) is 7.05 Å². The number of hydrogen-bond acceptors (Lipinski definition) is 7. The van der Waals surface area contributed by atoms with Gasteiger partial charge in [0.05, 0.1) is 15.4 Å². The van der Waals surface area contributed by atoms with Crippen LogP contribution in [0.2, 0.25) is 0 Å². The molecule has 0 aliphatic heterocycles. The van der Waals surface area contributed by atoms with E-state index in [1.807, 2.05) is 5.48 Å². The lowest BCUT2D eigenvalue weighted by Crippen LogP contribution is -2.33. The largest absolute Gasteiger partial charge is 0.350 e. The highest BCUT2D eigenvalue weighted by atomic mass is 35.5. The van der Waals surface area contributed by atoms with Crippen LogP contribution in [0.5, 0.6) is 0 Å². The smallest absolute Gasteiger partial charge is 0.336 e. The molecule has 0 saturated carbocycles. The van der Waals surface area contributed by atoms with Gasteiger partial charge < -0.3 is 11.1 Å². The van der Waals surface area contributed by atoms with Gasteiger partial charge in [-0.2, -0.15) is 4.31 Å². The van der Waals surface area contributed by atoms with E-state index < -0.39 is 26.7 Å². The summed E-state index contributed by atoms with van der Waals surface area (Å²) in [5.41, 5.74) is 6.29. The fourth-order valence-corrected chi connectivity index (χ4v) is 2.94. The summed E-state index contributed by atoms with van der Waals surface area (Å²) in [6.45, 7) is 0.303. The van der Waals surface area contributed by atoms with Gasteiger partial charge in [-0.05, 0) is 19.2 Å². The average molecular weight is 398 g/mol. The second-order valence-corrected chi connectivity index (χ2v) is 6.78. The summed E-state index contributed by atoms with van der Waals surface area (Å²) >= 11 is 0. The molecule has 1 rings (SSSR count). The number of sulfonamides is 1. The molecule has 0 spiro atoms. The molecule has 0 fully saturated rings. The lowest BCUT2D eigenvalue weighted by molar-refractivity contribution is -0.386. The van der Waals surface area contributed by atoms with E-state index in [2.05, 4.69) is 5.32 Å². The molecule has 11 nitrogen and oxygen atoms in total. The Kier molecular flexibility index (Phi) is 9.30. The van der Waals surface area contributed by atoms with E-state index in [-0.39, 0.29) is 36.0 Å². The number of primary amides is 1. The average Bonchev–Trinajstić information content (AvgIpc) is 2.51. The van der Waals surface area contributed by atoms with Crippen LogP contribution >= 0.6 is 12.4 Å². The zero-order chi connectivity index (χ0) is 18.3. The number of benzene rings is 1. The number of hydroxylamine groups is 1. The standard InChI is InChI=1S/C12H19N5O6S.ClH/c1-14-5-6-16(2)24(21,22)10-4-3-9(8-23-15-12(13)18)11(7-10)17(19)20;/h3-4,7,14H,5-6,8H2,1-2H3,(H3,13,15,18);1H. The predicted molar refractivity (Wildman–Crippen MR) is 91.6 cm³/mol. The van der Waals surface area contributed by atoms with Gasteiger partial charge in [0.15, 0.2) is 0 Å². The zero-order valence-electron chi connectivity index (χ0n) is 13.6. The maximum absolute atomic E-state index is 12.4. The van der Waals surface area contributed by atoms with Crippen LogP contribution in [0.25, 0.3) is 0 Å². The van der Waals surface area contributed by atoms with E-state index in [9.17, 15) is 23.3 Å². The van der Waals surface area contributed by atoms with Crippen molar-refractivity contribution in [2.75, 3.05) is 27.2 Å². The van der Waals surface area contributed by atoms with Gasteiger partial charge in [-0.25, -0.2) is 18.7 Å². The maximum Gasteiger partial charge on any atom is 0.336 e. The number of nitrogens with two attached hydrogens (primary N) is 1. The van der Waals surface area contributed by atoms with E-state index >= 15 is 0 Å². The topological polar surface area (TPSA) is 157 Å². The Morgan fingerprint density at radius 3 is 2.60 bits per heavy atom. The number of halogens is 1. The Labute approximate surface area is 151 Å². The molecule has 0 saturated heterocycles. The number of carbonyl (C=O) groups is 1. The summed E-state index contributed by atoms with van der Waals surface area (Å²) in [6.07, 6.45) is 0. The highest BCUT2D eigenvalue weighted by Gasteiger charge is 2.24. The van der Waals surface area contributed by atoms with Crippen molar-refractivity contribution in [3.63, 3.8) is 0 Å². The highest BCUT2D eigenvalue weighted by molar-refractivity contribution is 7.89. The second kappa shape index (κ2) is 10.1. The van der Waals surface area contributed by atoms with Gasteiger partial charge in [-0.3, -0.25) is 15.0 Å². The van der Waals surface area contributed by atoms with Crippen molar-refractivity contribution in [3.8, 4) is 0 Å². The van der Waals surface area contributed by atoms with Gasteiger partial charge in [0.25, 0.3) is 5.69 Å². The van der Waals surface area contributed by atoms with Crippen molar-refractivity contribution in [1.29, 1.82) is 0 Å². The number of nitrogens with zero attached hydrogens (tertiary/aromatic N) is 2. The van der Waals surface area contributed by atoms with E-state index in [4.69, 9.17) is 10.6 Å². The number of nitrogens with one attached hydrogen (secondary N) is 2. The number of likely N-dealkylation sites (N-methyl/N-ethyl adjacent to an activating group) is 2. The van der Waals surface area contributed by atoms with Crippen LogP contribution in [-0.2, 0) is 21.5 Å². The van der Waals surface area contributed by atoms with E-state index in [0.717, 1.165) is 10.4 Å². The van der Waals surface area contributed by atoms with Gasteiger partial charge in [-0.1, -0.05) is 0 Å². The number of carbonyl (C=O) groups excluding carboxylic acids is 1. The second-order valence-electron chi connectivity index (χ2n) is 4.73. The number of nitro groups is 1. The summed E-state index contributed by atoms with van der Waals surface area (Å²) < 4.78 is 25.9. The third-order valence-corrected chi connectivity index (χ3v) is 4.89. The number of amides is 2. The van der Waals surface area contributed by atoms with Crippen molar-refractivity contribution < 1.29 is 23.0 Å². The Morgan fingerprint density at radius 1 is 1.44 bits per heavy atom. The van der Waals surface area contributed by atoms with Crippen molar-refractivity contribution >= 4 is 34.1 Å². The van der Waals surface area contributed by atoms with Crippen LogP contribution in [-0.4, -0.2) is 50.9 Å². The molecule has 0 aromatic heterocycles. The monoisotopic (exact) mass is 397 g/mol. The molecule has 0 unspecified atom stereocenters. The summed E-state index contributed by atoms with van der Waals surface area (Å²) in [6, 6.07) is 2.48. The molecule has 142 valence electrons. The van der Waals surface area contributed by atoms with Gasteiger partial charge in [0, 0.05) is 26.2 Å². The van der Waals surface area contributed by atoms with Crippen LogP contribution in [0, 0.1) is 10.1 Å². The molecule has 0 bridgehead atoms. The van der Waals surface area contributed by atoms with Gasteiger partial charge in [0.2, 0.25) is 10.0 Å². The van der Waals surface area contributed by atoms with Gasteiger partial charge in [0.1, 0.15) is 6.61 Å². The van der Waals surface area contributed by atoms with Crippen LogP contribution < -0.4 is 16.5 Å². The molecule has 0 aliphatic rings. The molecule has 13 heteroatoms. The Morgan fingerprint density at radius 2 is 2.08 bits per heavy atom. The van der Waals surface area contributed by atoms with Crippen molar-refractivity contribution in [2.24, 2.45) is 5.73 Å². The van der Waals surface area contributed by atoms with Crippen molar-refractivity contribution in [3.05, 3.63) is 33.9 Å². The molecule has 1 aromatic rings. The molecule has 0 aliphatic carbocycles. The predicted octanol–water partition coefficient (Wildman–Crippen LogP) is -0.0436. The lowest BCUT2D eigenvalue weighted by Gasteiger charge is -2.17. The number of urea groups is 1. The molecule has 1 aromatic carbocycles. The highest BCUT2D eigenvalue weighted by Crippen LogP contribution is 2.25. The minimum atomic E-state index is -3.86. The third kappa shape index (κ3) is 6.43. The molecule has 4 N–H and O–H groups in total. The quantitative estimate of drug-likeness (QED) is 0.389. The van der Waals surface area contributed by atoms with Crippen LogP contribution in [0.3, 0.4) is 0 Å². The molecule has 25 heavy (non-hydrogen) atoms. The number of rotatable bonds is 9. The maximum atomic E-state index is 12.4. The molecule has 0 radical (unpaired) electrons. The lowest BCUT2D eigenvalue weighted by atomic mass is 10.2. The van der Waals surface area contributed by atoms with Gasteiger partial charge in [-0.15, -0.1) is 12.4 Å². The van der Waals surface area contributed by atoms with Crippen molar-refractivity contribution in [1.82, 2.24) is 15.1 Å². The molecular formula is C12H20ClN5O6S. The normalized spacial score (nSPS) is 11.0. The molecule has 2 amide bonds. The zero-order valence-corrected chi connectivity index (χ0v) is 15.2. The fraction of sp³-hybridized carbons (Fsp3) is 0.417. The van der Waals surface area contributed by atoms with E-state index in [0.29, 0.717) is 6.54 Å². The van der Waals surface area contributed by atoms with Gasteiger partial charge >= 0.3 is 6.03 Å². The Hall–Kier alpha value is -1.99. The first-order valence-corrected chi connectivity index (χ1v) is 8.19. The van der Waals surface area contributed by atoms with E-state index in [1.165, 1.54) is 19.2 Å². The van der Waals surface area contributed by atoms with Crippen LogP contribution in [0.4, 0.5) is 10.5 Å². The van der Waals surface area contributed by atoms with Crippen LogP contribution in [0.1, 0.15) is 5.56 Å². The number of hydrogen-bond donors (Lipinski definition) is 3. The minimum absolute atomic E-state index is 0. The summed E-state index contributed by atoms with van der Waals surface area (Å²) in [5.74, 6) is 0. The fourth-order valence-electron chi connectivity index (χ4n) is 1.75. The van der Waals surface area contributed by atoms with Crippen molar-refractivity contribution in [2.45, 2.75) is 11.5 Å². The molecule has 0 heterocycles. The summed E-state index contributed by atoms with van der Waals surface area (Å²) in [7, 11) is -0.798. The summed E-state index contributed by atoms with van der Waals surface area (Å²) in [5, 5.41) is 14.0. The molecular weight excluding hydrogens is 378 g/mol. The first-order valence-electron chi connectivity index (χ1n) is 6.75. The Balaban J connectivity index is 0.00000576. The summed E-state index contributed by atoms with van der Waals surface area (Å²) in [4.78, 5) is 25.4. The number of nitro benzene ring substituents is 1.